The number of ether oxygens (including phenoxy) is 1. The van der Waals surface area contributed by atoms with Gasteiger partial charge >= 0.3 is 0 Å². The fraction of sp³-hybridized carbons (Fsp3) is 0.368. The Bertz CT molecular complexity index is 958. The first-order valence-electron chi connectivity index (χ1n) is 8.70. The number of carbonyl (C=O) groups is 1. The average molecular weight is 369 g/mol. The molecule has 27 heavy (non-hydrogen) atoms. The zero-order chi connectivity index (χ0) is 19.6. The minimum Gasteiger partial charge on any atom is -0.495 e. The van der Waals surface area contributed by atoms with E-state index in [1.165, 1.54) is 0 Å². The number of anilines is 1. The lowest BCUT2D eigenvalue weighted by molar-refractivity contribution is 0.101. The minimum atomic E-state index is -0.267. The Balaban J connectivity index is 1.88. The maximum absolute atomic E-state index is 12.8. The van der Waals surface area contributed by atoms with Crippen molar-refractivity contribution in [3.8, 4) is 17.2 Å². The molecule has 8 nitrogen and oxygen atoms in total. The van der Waals surface area contributed by atoms with Gasteiger partial charge in [0.1, 0.15) is 11.4 Å². The fourth-order valence-corrected chi connectivity index (χ4v) is 2.80. The van der Waals surface area contributed by atoms with Crippen LogP contribution in [-0.4, -0.2) is 33.0 Å². The highest BCUT2D eigenvalue weighted by molar-refractivity contribution is 6.04. The van der Waals surface area contributed by atoms with Gasteiger partial charge in [0.2, 0.25) is 11.8 Å². The van der Waals surface area contributed by atoms with Crippen LogP contribution in [0.2, 0.25) is 0 Å². The van der Waals surface area contributed by atoms with Crippen LogP contribution in [0.4, 0.5) is 5.69 Å². The second-order valence-electron chi connectivity index (χ2n) is 6.74. The van der Waals surface area contributed by atoms with E-state index < -0.39 is 0 Å². The van der Waals surface area contributed by atoms with Crippen molar-refractivity contribution in [1.82, 2.24) is 20.0 Å². The van der Waals surface area contributed by atoms with Crippen molar-refractivity contribution in [1.29, 1.82) is 0 Å². The predicted octanol–water partition coefficient (Wildman–Crippen LogP) is 3.24. The first-order valence-corrected chi connectivity index (χ1v) is 8.70. The van der Waals surface area contributed by atoms with Gasteiger partial charge in [-0.25, -0.2) is 0 Å². The third kappa shape index (κ3) is 4.16. The highest BCUT2D eigenvalue weighted by Crippen LogP contribution is 2.30. The molecule has 0 spiro atoms. The molecule has 0 atom stereocenters. The predicted molar refractivity (Wildman–Crippen MR) is 101 cm³/mol. The third-order valence-electron chi connectivity index (χ3n) is 4.00. The van der Waals surface area contributed by atoms with E-state index in [0.717, 1.165) is 12.1 Å². The van der Waals surface area contributed by atoms with Crippen molar-refractivity contribution >= 4 is 11.6 Å². The van der Waals surface area contributed by atoms with Crippen molar-refractivity contribution < 1.29 is 13.9 Å². The van der Waals surface area contributed by atoms with Crippen LogP contribution >= 0.6 is 0 Å². The zero-order valence-corrected chi connectivity index (χ0v) is 16.1. The fourth-order valence-electron chi connectivity index (χ4n) is 2.80. The van der Waals surface area contributed by atoms with Crippen LogP contribution < -0.4 is 10.1 Å². The zero-order valence-electron chi connectivity index (χ0n) is 16.1. The van der Waals surface area contributed by atoms with Gasteiger partial charge in [0.05, 0.1) is 18.5 Å². The standard InChI is InChI=1S/C19H23N5O3/c1-11(2)8-14-10-16(24(4)23-14)18(25)20-15-9-13(6-7-17(15)26-5)19-22-21-12(3)27-19/h6-7,9-11H,8H2,1-5H3,(H,20,25). The van der Waals surface area contributed by atoms with E-state index in [-0.39, 0.29) is 5.91 Å². The lowest BCUT2D eigenvalue weighted by Gasteiger charge is -2.11. The lowest BCUT2D eigenvalue weighted by Crippen LogP contribution is -2.16. The van der Waals surface area contributed by atoms with Gasteiger partial charge < -0.3 is 14.5 Å². The molecule has 0 aliphatic heterocycles. The van der Waals surface area contributed by atoms with E-state index >= 15 is 0 Å². The summed E-state index contributed by atoms with van der Waals surface area (Å²) in [5.41, 5.74) is 2.58. The van der Waals surface area contributed by atoms with E-state index in [4.69, 9.17) is 9.15 Å². The normalized spacial score (nSPS) is 11.0. The largest absolute Gasteiger partial charge is 0.495 e. The quantitative estimate of drug-likeness (QED) is 0.717. The van der Waals surface area contributed by atoms with Crippen LogP contribution in [0.15, 0.2) is 28.7 Å². The first-order chi connectivity index (χ1) is 12.9. The number of aryl methyl sites for hydroxylation is 2. The molecule has 0 aliphatic rings. The summed E-state index contributed by atoms with van der Waals surface area (Å²) in [7, 11) is 3.31. The van der Waals surface area contributed by atoms with Gasteiger partial charge in [-0.1, -0.05) is 13.8 Å². The summed E-state index contributed by atoms with van der Waals surface area (Å²) in [6, 6.07) is 7.10. The molecule has 0 saturated heterocycles. The van der Waals surface area contributed by atoms with Crippen LogP contribution in [0.1, 0.15) is 35.9 Å². The molecule has 3 rings (SSSR count). The molecule has 0 saturated carbocycles. The molecule has 1 amide bonds. The van der Waals surface area contributed by atoms with Crippen molar-refractivity contribution in [2.24, 2.45) is 13.0 Å². The van der Waals surface area contributed by atoms with E-state index in [9.17, 15) is 4.79 Å². The van der Waals surface area contributed by atoms with Crippen LogP contribution in [0.25, 0.3) is 11.5 Å². The van der Waals surface area contributed by atoms with Crippen LogP contribution in [0.3, 0.4) is 0 Å². The number of benzene rings is 1. The number of rotatable bonds is 6. The molecule has 0 aliphatic carbocycles. The molecule has 2 aromatic heterocycles. The molecule has 0 unspecified atom stereocenters. The molecule has 8 heteroatoms. The topological polar surface area (TPSA) is 95.1 Å². The Morgan fingerprint density at radius 1 is 1.30 bits per heavy atom. The number of aromatic nitrogens is 4. The van der Waals surface area contributed by atoms with Crippen molar-refractivity contribution in [3.05, 3.63) is 41.5 Å². The summed E-state index contributed by atoms with van der Waals surface area (Å²) >= 11 is 0. The molecule has 0 radical (unpaired) electrons. The van der Waals surface area contributed by atoms with Crippen molar-refractivity contribution in [2.75, 3.05) is 12.4 Å². The van der Waals surface area contributed by atoms with Gasteiger partial charge in [-0.2, -0.15) is 5.10 Å². The highest BCUT2D eigenvalue weighted by atomic mass is 16.5. The smallest absolute Gasteiger partial charge is 0.274 e. The molecule has 142 valence electrons. The highest BCUT2D eigenvalue weighted by Gasteiger charge is 2.17. The summed E-state index contributed by atoms with van der Waals surface area (Å²) < 4.78 is 12.4. The number of hydrogen-bond donors (Lipinski definition) is 1. The molecule has 2 heterocycles. The minimum absolute atomic E-state index is 0.267. The van der Waals surface area contributed by atoms with Crippen LogP contribution in [-0.2, 0) is 13.5 Å². The summed E-state index contributed by atoms with van der Waals surface area (Å²) in [6.45, 7) is 5.95. The third-order valence-corrected chi connectivity index (χ3v) is 4.00. The van der Waals surface area contributed by atoms with Crippen LogP contribution in [0.5, 0.6) is 5.75 Å². The first kappa shape index (κ1) is 18.6. The molecule has 0 fully saturated rings. The Morgan fingerprint density at radius 3 is 2.70 bits per heavy atom. The Labute approximate surface area is 157 Å². The number of nitrogens with one attached hydrogen (secondary N) is 1. The molecule has 1 aromatic carbocycles. The Kier molecular flexibility index (Phi) is 5.25. The maximum Gasteiger partial charge on any atom is 0.274 e. The van der Waals surface area contributed by atoms with E-state index in [1.807, 2.05) is 6.07 Å². The van der Waals surface area contributed by atoms with Crippen molar-refractivity contribution in [3.63, 3.8) is 0 Å². The Hall–Kier alpha value is -3.16. The second-order valence-corrected chi connectivity index (χ2v) is 6.74. The molecular formula is C19H23N5O3. The lowest BCUT2D eigenvalue weighted by atomic mass is 10.1. The van der Waals surface area contributed by atoms with E-state index in [1.54, 1.807) is 44.0 Å². The number of amides is 1. The van der Waals surface area contributed by atoms with Gasteiger partial charge in [0, 0.05) is 19.5 Å². The molecule has 0 bridgehead atoms. The average Bonchev–Trinajstić information content (AvgIpc) is 3.20. The Morgan fingerprint density at radius 2 is 2.07 bits per heavy atom. The maximum atomic E-state index is 12.8. The van der Waals surface area contributed by atoms with Gasteiger partial charge in [-0.15, -0.1) is 10.2 Å². The number of carbonyl (C=O) groups excluding carboxylic acids is 1. The molecule has 3 aromatic rings. The number of hydrogen-bond acceptors (Lipinski definition) is 6. The van der Waals surface area contributed by atoms with Gasteiger partial charge in [-0.05, 0) is 36.6 Å². The summed E-state index contributed by atoms with van der Waals surface area (Å²) in [6.07, 6.45) is 0.816. The van der Waals surface area contributed by atoms with E-state index in [2.05, 4.69) is 34.5 Å². The molecular weight excluding hydrogens is 346 g/mol. The van der Waals surface area contributed by atoms with E-state index in [0.29, 0.717) is 40.4 Å². The SMILES string of the molecule is COc1ccc(-c2nnc(C)o2)cc1NC(=O)c1cc(CC(C)C)nn1C. The van der Waals surface area contributed by atoms with Crippen LogP contribution in [0, 0.1) is 12.8 Å². The van der Waals surface area contributed by atoms with Gasteiger partial charge in [-0.3, -0.25) is 9.48 Å². The number of nitrogens with zero attached hydrogens (tertiary/aromatic N) is 4. The van der Waals surface area contributed by atoms with Gasteiger partial charge in [0.15, 0.2) is 0 Å². The second kappa shape index (κ2) is 7.61. The van der Waals surface area contributed by atoms with Gasteiger partial charge in [0.25, 0.3) is 5.91 Å². The number of methoxy groups -OCH3 is 1. The molecule has 1 N–H and O–H groups in total. The monoisotopic (exact) mass is 369 g/mol. The summed E-state index contributed by atoms with van der Waals surface area (Å²) in [5, 5.41) is 15.1. The summed E-state index contributed by atoms with van der Waals surface area (Å²) in [5.74, 6) is 1.58. The van der Waals surface area contributed by atoms with Crippen molar-refractivity contribution in [2.45, 2.75) is 27.2 Å². The summed E-state index contributed by atoms with van der Waals surface area (Å²) in [4.78, 5) is 12.8.